The monoisotopic (exact) mass is 465 g/mol. The zero-order valence-electron chi connectivity index (χ0n) is 19.9. The van der Waals surface area contributed by atoms with E-state index in [1.165, 1.54) is 0 Å². The number of amides is 2. The molecule has 2 amide bonds. The van der Waals surface area contributed by atoms with Crippen molar-refractivity contribution >= 4 is 17.6 Å². The second-order valence-electron chi connectivity index (χ2n) is 9.70. The lowest BCUT2D eigenvalue weighted by Gasteiger charge is -2.18. The molecule has 8 nitrogen and oxygen atoms in total. The summed E-state index contributed by atoms with van der Waals surface area (Å²) in [7, 11) is 0. The van der Waals surface area contributed by atoms with E-state index in [0.29, 0.717) is 33.9 Å². The quantitative estimate of drug-likeness (QED) is 0.545. The van der Waals surface area contributed by atoms with Crippen molar-refractivity contribution < 1.29 is 18.5 Å². The predicted octanol–water partition coefficient (Wildman–Crippen LogP) is 4.72. The number of hydrogen-bond acceptors (Lipinski definition) is 6. The molecular weight excluding hydrogens is 437 g/mol. The molecule has 0 spiro atoms. The fourth-order valence-corrected chi connectivity index (χ4v) is 3.59. The molecule has 1 saturated carbocycles. The Morgan fingerprint density at radius 3 is 2.59 bits per heavy atom. The maximum absolute atomic E-state index is 15.4. The molecule has 34 heavy (non-hydrogen) atoms. The fraction of sp³-hybridized carbons (Fsp3) is 0.400. The molecule has 1 fully saturated rings. The van der Waals surface area contributed by atoms with Crippen molar-refractivity contribution in [3.8, 4) is 11.1 Å². The number of nitrogens with zero attached hydrogens (tertiary/aromatic N) is 3. The summed E-state index contributed by atoms with van der Waals surface area (Å²) in [5.41, 5.74) is 1.67. The number of carbonyl (C=O) groups excluding carboxylic acids is 2. The van der Waals surface area contributed by atoms with E-state index in [0.717, 1.165) is 12.8 Å². The van der Waals surface area contributed by atoms with Crippen molar-refractivity contribution in [1.82, 2.24) is 20.4 Å². The van der Waals surface area contributed by atoms with Crippen LogP contribution in [0.1, 0.15) is 74.2 Å². The summed E-state index contributed by atoms with van der Waals surface area (Å²) >= 11 is 0. The smallest absolute Gasteiger partial charge is 0.315 e. The van der Waals surface area contributed by atoms with Crippen molar-refractivity contribution in [3.63, 3.8) is 0 Å². The van der Waals surface area contributed by atoms with Gasteiger partial charge in [-0.05, 0) is 55.5 Å². The van der Waals surface area contributed by atoms with Gasteiger partial charge in [0.15, 0.2) is 5.82 Å². The van der Waals surface area contributed by atoms with E-state index < -0.39 is 17.8 Å². The molecule has 0 aliphatic heterocycles. The minimum absolute atomic E-state index is 0.0487. The first kappa shape index (κ1) is 23.5. The number of carbonyl (C=O) groups is 2. The maximum Gasteiger partial charge on any atom is 0.315 e. The van der Waals surface area contributed by atoms with E-state index >= 15 is 4.39 Å². The predicted molar refractivity (Wildman–Crippen MR) is 125 cm³/mol. The Labute approximate surface area is 197 Å². The van der Waals surface area contributed by atoms with E-state index in [1.807, 2.05) is 20.8 Å². The minimum Gasteiger partial charge on any atom is -0.341 e. The SMILES string of the molecule is Cc1c([C@@H](C)NC(=O)c2nc(C(C)(C)C)no2)ccc(-c2ccnc(NC(=O)C3CC3)c2)c1F. The normalized spacial score (nSPS) is 14.5. The zero-order valence-corrected chi connectivity index (χ0v) is 19.9. The first-order valence-electron chi connectivity index (χ1n) is 11.3. The second-order valence-corrected chi connectivity index (χ2v) is 9.70. The van der Waals surface area contributed by atoms with Crippen LogP contribution in [0.15, 0.2) is 35.0 Å². The van der Waals surface area contributed by atoms with Crippen molar-refractivity contribution in [2.75, 3.05) is 5.32 Å². The largest absolute Gasteiger partial charge is 0.341 e. The van der Waals surface area contributed by atoms with Crippen LogP contribution in [-0.2, 0) is 10.2 Å². The summed E-state index contributed by atoms with van der Waals surface area (Å²) < 4.78 is 20.5. The molecule has 1 atom stereocenters. The molecule has 0 radical (unpaired) electrons. The number of aromatic nitrogens is 3. The molecule has 3 aromatic rings. The summed E-state index contributed by atoms with van der Waals surface area (Å²) in [5.74, 6) is -0.247. The lowest BCUT2D eigenvalue weighted by molar-refractivity contribution is -0.117. The van der Waals surface area contributed by atoms with Crippen LogP contribution in [0.4, 0.5) is 10.2 Å². The van der Waals surface area contributed by atoms with Gasteiger partial charge in [0.2, 0.25) is 5.91 Å². The van der Waals surface area contributed by atoms with Gasteiger partial charge in [0.25, 0.3) is 0 Å². The molecule has 1 aromatic carbocycles. The van der Waals surface area contributed by atoms with E-state index in [4.69, 9.17) is 4.52 Å². The molecule has 2 aromatic heterocycles. The van der Waals surface area contributed by atoms with Gasteiger partial charge < -0.3 is 15.2 Å². The van der Waals surface area contributed by atoms with Gasteiger partial charge in [-0.2, -0.15) is 4.98 Å². The summed E-state index contributed by atoms with van der Waals surface area (Å²) in [6.07, 6.45) is 3.32. The first-order valence-corrected chi connectivity index (χ1v) is 11.3. The van der Waals surface area contributed by atoms with Crippen LogP contribution in [-0.4, -0.2) is 26.9 Å². The van der Waals surface area contributed by atoms with E-state index in [9.17, 15) is 9.59 Å². The Kier molecular flexibility index (Phi) is 6.20. The number of hydrogen-bond donors (Lipinski definition) is 2. The van der Waals surface area contributed by atoms with E-state index in [2.05, 4.69) is 25.8 Å². The van der Waals surface area contributed by atoms with E-state index in [-0.39, 0.29) is 23.1 Å². The number of benzene rings is 1. The molecule has 0 bridgehead atoms. The summed E-state index contributed by atoms with van der Waals surface area (Å²) in [6.45, 7) is 9.19. The second kappa shape index (κ2) is 8.96. The molecule has 1 aliphatic carbocycles. The number of anilines is 1. The van der Waals surface area contributed by atoms with Crippen LogP contribution in [0.5, 0.6) is 0 Å². The number of pyridine rings is 1. The van der Waals surface area contributed by atoms with Gasteiger partial charge in [0.1, 0.15) is 11.6 Å². The van der Waals surface area contributed by atoms with Gasteiger partial charge in [-0.15, -0.1) is 0 Å². The third-order valence-corrected chi connectivity index (χ3v) is 5.80. The summed E-state index contributed by atoms with van der Waals surface area (Å²) in [5, 5.41) is 9.44. The fourth-order valence-electron chi connectivity index (χ4n) is 3.59. The summed E-state index contributed by atoms with van der Waals surface area (Å²) in [6, 6.07) is 6.29. The minimum atomic E-state index is -0.524. The standard InChI is InChI=1S/C25H28FN5O3/c1-13-17(14(2)28-22(33)23-30-24(31-34-23)25(3,4)5)8-9-18(20(13)26)16-10-11-27-19(12-16)29-21(32)15-6-7-15/h8-12,14-15H,6-7H2,1-5H3,(H,28,33)(H,27,29,32)/t14-/m1/s1. The topological polar surface area (TPSA) is 110 Å². The third kappa shape index (κ3) is 4.98. The highest BCUT2D eigenvalue weighted by molar-refractivity contribution is 5.93. The average Bonchev–Trinajstić information content (AvgIpc) is 3.50. The molecule has 2 N–H and O–H groups in total. The van der Waals surface area contributed by atoms with E-state index in [1.54, 1.807) is 44.3 Å². The zero-order chi connectivity index (χ0) is 24.6. The first-order chi connectivity index (χ1) is 16.0. The van der Waals surface area contributed by atoms with Crippen molar-refractivity contribution in [3.05, 3.63) is 59.1 Å². The molecule has 0 unspecified atom stereocenters. The van der Waals surface area contributed by atoms with Gasteiger partial charge in [0.05, 0.1) is 6.04 Å². The molecule has 178 valence electrons. The van der Waals surface area contributed by atoms with Gasteiger partial charge in [0, 0.05) is 23.1 Å². The molecule has 9 heteroatoms. The number of halogens is 1. The van der Waals surface area contributed by atoms with Crippen molar-refractivity contribution in [1.29, 1.82) is 0 Å². The van der Waals surface area contributed by atoms with Crippen LogP contribution < -0.4 is 10.6 Å². The maximum atomic E-state index is 15.4. The van der Waals surface area contributed by atoms with Crippen molar-refractivity contribution in [2.24, 2.45) is 5.92 Å². The molecule has 4 rings (SSSR count). The highest BCUT2D eigenvalue weighted by atomic mass is 19.1. The van der Waals surface area contributed by atoms with Crippen LogP contribution in [0.3, 0.4) is 0 Å². The van der Waals surface area contributed by atoms with Crippen LogP contribution >= 0.6 is 0 Å². The summed E-state index contributed by atoms with van der Waals surface area (Å²) in [4.78, 5) is 33.0. The Hall–Kier alpha value is -3.62. The Bertz CT molecular complexity index is 1240. The third-order valence-electron chi connectivity index (χ3n) is 5.80. The van der Waals surface area contributed by atoms with Gasteiger partial charge in [-0.1, -0.05) is 38.1 Å². The Morgan fingerprint density at radius 2 is 1.94 bits per heavy atom. The lowest BCUT2D eigenvalue weighted by atomic mass is 9.96. The van der Waals surface area contributed by atoms with Crippen molar-refractivity contribution in [2.45, 2.75) is 58.9 Å². The Morgan fingerprint density at radius 1 is 1.21 bits per heavy atom. The van der Waals surface area contributed by atoms with Gasteiger partial charge in [-0.3, -0.25) is 9.59 Å². The van der Waals surface area contributed by atoms with Gasteiger partial charge in [-0.25, -0.2) is 9.37 Å². The molecular formula is C25H28FN5O3. The average molecular weight is 466 g/mol. The highest BCUT2D eigenvalue weighted by Crippen LogP contribution is 2.32. The van der Waals surface area contributed by atoms with Crippen LogP contribution in [0.25, 0.3) is 11.1 Å². The Balaban J connectivity index is 1.51. The van der Waals surface area contributed by atoms with Gasteiger partial charge >= 0.3 is 11.8 Å². The number of rotatable bonds is 6. The van der Waals surface area contributed by atoms with Crippen LogP contribution in [0, 0.1) is 18.7 Å². The number of nitrogens with one attached hydrogen (secondary N) is 2. The molecule has 0 saturated heterocycles. The molecule has 1 aliphatic rings. The molecule has 2 heterocycles. The lowest BCUT2D eigenvalue weighted by Crippen LogP contribution is -2.28. The van der Waals surface area contributed by atoms with Crippen LogP contribution in [0.2, 0.25) is 0 Å². The highest BCUT2D eigenvalue weighted by Gasteiger charge is 2.30.